The van der Waals surface area contributed by atoms with Crippen LogP contribution in [-0.2, 0) is 38.4 Å². The van der Waals surface area contributed by atoms with Crippen molar-refractivity contribution in [2.45, 2.75) is 49.1 Å². The fourth-order valence-corrected chi connectivity index (χ4v) is 8.50. The zero-order valence-electron chi connectivity index (χ0n) is 24.7. The van der Waals surface area contributed by atoms with E-state index < -0.39 is 26.6 Å². The first-order valence-corrected chi connectivity index (χ1v) is 17.6. The van der Waals surface area contributed by atoms with Gasteiger partial charge in [-0.25, -0.2) is 17.8 Å². The van der Waals surface area contributed by atoms with Crippen LogP contribution >= 0.6 is 0 Å². The smallest absolute Gasteiger partial charge is 0.177 e. The van der Waals surface area contributed by atoms with Crippen molar-refractivity contribution in [3.8, 4) is 11.3 Å². The number of nitrogens with zero attached hydrogens (tertiary/aromatic N) is 5. The molecule has 1 unspecified atom stereocenters. The van der Waals surface area contributed by atoms with Gasteiger partial charge in [-0.15, -0.1) is 5.10 Å². The number of hydrogen-bond acceptors (Lipinski definition) is 8. The predicted molar refractivity (Wildman–Crippen MR) is 166 cm³/mol. The first-order chi connectivity index (χ1) is 21.1. The van der Waals surface area contributed by atoms with Gasteiger partial charge in [-0.3, -0.25) is 9.19 Å². The number of aromatic nitrogens is 5. The average molecular weight is 634 g/mol. The third kappa shape index (κ3) is 4.87. The molecule has 2 atom stereocenters. The molecule has 7 rings (SSSR count). The number of benzene rings is 2. The molecule has 0 spiro atoms. The summed E-state index contributed by atoms with van der Waals surface area (Å²) in [6.45, 7) is 3.12. The lowest BCUT2D eigenvalue weighted by molar-refractivity contribution is 0.0552. The van der Waals surface area contributed by atoms with Crippen LogP contribution in [0.2, 0.25) is 0 Å². The van der Waals surface area contributed by atoms with E-state index in [1.165, 1.54) is 6.26 Å². The highest BCUT2D eigenvalue weighted by Gasteiger charge is 2.47. The van der Waals surface area contributed by atoms with Crippen LogP contribution < -0.4 is 4.72 Å². The third-order valence-electron chi connectivity index (χ3n) is 9.09. The van der Waals surface area contributed by atoms with Crippen molar-refractivity contribution in [2.24, 2.45) is 13.0 Å². The Kier molecular flexibility index (Phi) is 7.20. The number of rotatable bonds is 8. The van der Waals surface area contributed by atoms with Crippen molar-refractivity contribution in [2.75, 3.05) is 19.5 Å². The maximum atomic E-state index is 13.5. The standard InChI is InChI=1S/C31H34N6O5S2/c1-19-28(36(2)35-33-19)22-17-24-27(32-18-22)26-23(31(13-14-31)34-43(38)39)9-10-25(44(3,40)41)30(26)37(24)29(20-7-5-4-6-8-20)21-11-15-42-16-12-21/h4-10,17-18,21,29,34H,11-16H2,1-3H3,(H,38,39)/p-1/t29-/m1/s1. The number of hydrogen-bond donors (Lipinski definition) is 1. The Morgan fingerprint density at radius 2 is 1.86 bits per heavy atom. The first kappa shape index (κ1) is 29.2. The molecule has 1 saturated carbocycles. The van der Waals surface area contributed by atoms with E-state index in [0.29, 0.717) is 42.5 Å². The molecule has 44 heavy (non-hydrogen) atoms. The molecule has 230 valence electrons. The SMILES string of the molecule is Cc1nnn(C)c1-c1cnc2c3c(C4(NS(=O)[O-])CC4)ccc(S(C)(=O)=O)c3n([C@H](c3ccccc3)C3CCOCC3)c2c1. The number of nitrogens with one attached hydrogen (secondary N) is 1. The van der Waals surface area contributed by atoms with Crippen molar-refractivity contribution >= 4 is 43.0 Å². The second kappa shape index (κ2) is 10.8. The molecule has 1 N–H and O–H groups in total. The van der Waals surface area contributed by atoms with E-state index in [2.05, 4.69) is 31.7 Å². The Balaban J connectivity index is 1.65. The molecule has 11 nitrogen and oxygen atoms in total. The van der Waals surface area contributed by atoms with Crippen LogP contribution in [0.25, 0.3) is 33.2 Å². The van der Waals surface area contributed by atoms with Gasteiger partial charge in [-0.05, 0) is 61.8 Å². The summed E-state index contributed by atoms with van der Waals surface area (Å²) in [6, 6.07) is 15.3. The summed E-state index contributed by atoms with van der Waals surface area (Å²) in [6.07, 6.45) is 5.78. The normalized spacial score (nSPS) is 18.5. The highest BCUT2D eigenvalue weighted by Crippen LogP contribution is 2.52. The fourth-order valence-electron chi connectivity index (χ4n) is 7.00. The van der Waals surface area contributed by atoms with E-state index in [4.69, 9.17) is 9.72 Å². The molecule has 0 bridgehead atoms. The van der Waals surface area contributed by atoms with Crippen LogP contribution in [-0.4, -0.2) is 61.2 Å². The summed E-state index contributed by atoms with van der Waals surface area (Å²) >= 11 is -2.51. The Morgan fingerprint density at radius 1 is 1.14 bits per heavy atom. The van der Waals surface area contributed by atoms with Gasteiger partial charge in [0, 0.05) is 54.9 Å². The van der Waals surface area contributed by atoms with Crippen LogP contribution in [0.1, 0.15) is 48.5 Å². The number of ether oxygens (including phenoxy) is 1. The summed E-state index contributed by atoms with van der Waals surface area (Å²) in [7, 11) is -1.89. The van der Waals surface area contributed by atoms with Gasteiger partial charge in [0.25, 0.3) is 0 Å². The maximum Gasteiger partial charge on any atom is 0.177 e. The molecule has 1 aliphatic carbocycles. The van der Waals surface area contributed by atoms with Gasteiger partial charge < -0.3 is 13.9 Å². The van der Waals surface area contributed by atoms with E-state index in [0.717, 1.165) is 46.4 Å². The molecule has 3 aromatic heterocycles. The number of pyridine rings is 1. The number of aryl methyl sites for hydroxylation is 2. The number of sulfone groups is 1. The van der Waals surface area contributed by atoms with E-state index in [1.54, 1.807) is 23.0 Å². The monoisotopic (exact) mass is 633 g/mol. The molecule has 2 aromatic carbocycles. The molecule has 0 radical (unpaired) electrons. The van der Waals surface area contributed by atoms with Gasteiger partial charge in [-0.1, -0.05) is 41.6 Å². The Bertz CT molecular complexity index is 2010. The van der Waals surface area contributed by atoms with Crippen molar-refractivity contribution in [3.63, 3.8) is 0 Å². The minimum absolute atomic E-state index is 0.145. The molecule has 0 amide bonds. The second-order valence-corrected chi connectivity index (χ2v) is 14.6. The lowest BCUT2D eigenvalue weighted by Gasteiger charge is -2.33. The van der Waals surface area contributed by atoms with Crippen LogP contribution in [0.5, 0.6) is 0 Å². The van der Waals surface area contributed by atoms with Crippen molar-refractivity contribution in [1.82, 2.24) is 29.3 Å². The fraction of sp³-hybridized carbons (Fsp3) is 0.387. The molecule has 2 aliphatic rings. The zero-order chi connectivity index (χ0) is 30.8. The summed E-state index contributed by atoms with van der Waals surface area (Å²) in [4.78, 5) is 5.18. The van der Waals surface area contributed by atoms with Crippen LogP contribution in [0, 0.1) is 12.8 Å². The van der Waals surface area contributed by atoms with E-state index in [1.807, 2.05) is 38.2 Å². The highest BCUT2D eigenvalue weighted by atomic mass is 32.2. The molecule has 1 aliphatic heterocycles. The predicted octanol–water partition coefficient (Wildman–Crippen LogP) is 4.09. The summed E-state index contributed by atoms with van der Waals surface area (Å²) in [5.74, 6) is 0.145. The second-order valence-electron chi connectivity index (χ2n) is 11.9. The lowest BCUT2D eigenvalue weighted by atomic mass is 9.86. The average Bonchev–Trinajstić information content (AvgIpc) is 3.59. The van der Waals surface area contributed by atoms with Gasteiger partial charge >= 0.3 is 0 Å². The van der Waals surface area contributed by atoms with Crippen LogP contribution in [0.4, 0.5) is 0 Å². The van der Waals surface area contributed by atoms with Crippen molar-refractivity contribution in [3.05, 3.63) is 71.5 Å². The van der Waals surface area contributed by atoms with Gasteiger partial charge in [0.15, 0.2) is 9.84 Å². The minimum atomic E-state index is -3.72. The van der Waals surface area contributed by atoms with Gasteiger partial charge in [0.05, 0.1) is 44.4 Å². The third-order valence-corrected chi connectivity index (χ3v) is 10.8. The van der Waals surface area contributed by atoms with Gasteiger partial charge in [0.1, 0.15) is 0 Å². The summed E-state index contributed by atoms with van der Waals surface area (Å²) in [5, 5.41) is 9.09. The first-order valence-electron chi connectivity index (χ1n) is 14.6. The maximum absolute atomic E-state index is 13.5. The van der Waals surface area contributed by atoms with Crippen molar-refractivity contribution < 1.29 is 21.9 Å². The molecule has 4 heterocycles. The van der Waals surface area contributed by atoms with E-state index >= 15 is 0 Å². The lowest BCUT2D eigenvalue weighted by Crippen LogP contribution is -2.31. The Morgan fingerprint density at radius 3 is 2.48 bits per heavy atom. The number of fused-ring (bicyclic) bond motifs is 3. The molecular formula is C31H33N6O5S2-. The van der Waals surface area contributed by atoms with Crippen LogP contribution in [0.15, 0.2) is 59.6 Å². The summed E-state index contributed by atoms with van der Waals surface area (Å²) < 4.78 is 63.3. The van der Waals surface area contributed by atoms with Crippen LogP contribution in [0.3, 0.4) is 0 Å². The highest BCUT2D eigenvalue weighted by molar-refractivity contribution is 7.91. The van der Waals surface area contributed by atoms with E-state index in [-0.39, 0.29) is 16.9 Å². The molecule has 1 saturated heterocycles. The zero-order valence-corrected chi connectivity index (χ0v) is 26.3. The topological polar surface area (TPSA) is 144 Å². The molecule has 13 heteroatoms. The molecule has 2 fully saturated rings. The minimum Gasteiger partial charge on any atom is -0.760 e. The molecule has 5 aromatic rings. The van der Waals surface area contributed by atoms with Gasteiger partial charge in [0.2, 0.25) is 0 Å². The van der Waals surface area contributed by atoms with E-state index in [9.17, 15) is 17.2 Å². The van der Waals surface area contributed by atoms with Gasteiger partial charge in [-0.2, -0.15) is 0 Å². The quantitative estimate of drug-likeness (QED) is 0.252. The Hall–Kier alpha value is -3.49. The Labute approximate surface area is 258 Å². The summed E-state index contributed by atoms with van der Waals surface area (Å²) in [5.41, 5.74) is 5.22. The molecular weight excluding hydrogens is 601 g/mol. The van der Waals surface area contributed by atoms with Crippen molar-refractivity contribution in [1.29, 1.82) is 0 Å². The largest absolute Gasteiger partial charge is 0.760 e.